The Morgan fingerprint density at radius 1 is 0.960 bits per heavy atom. The van der Waals surface area contributed by atoms with Crippen molar-refractivity contribution < 1.29 is 4.79 Å². The second kappa shape index (κ2) is 7.36. The largest absolute Gasteiger partial charge is 0.341 e. The van der Waals surface area contributed by atoms with Crippen LogP contribution in [0.2, 0.25) is 0 Å². The predicted octanol–water partition coefficient (Wildman–Crippen LogP) is 4.56. The summed E-state index contributed by atoms with van der Waals surface area (Å²) < 4.78 is 2.11. The fourth-order valence-electron chi connectivity index (χ4n) is 3.41. The average Bonchev–Trinajstić information content (AvgIpc) is 3.30. The van der Waals surface area contributed by atoms with E-state index in [9.17, 15) is 4.79 Å². The van der Waals surface area contributed by atoms with Crippen LogP contribution in [0.3, 0.4) is 0 Å². The van der Waals surface area contributed by atoms with Gasteiger partial charge in [0.15, 0.2) is 0 Å². The van der Waals surface area contributed by atoms with Crippen molar-refractivity contribution in [2.24, 2.45) is 0 Å². The van der Waals surface area contributed by atoms with E-state index < -0.39 is 0 Å². The van der Waals surface area contributed by atoms with Gasteiger partial charge in [-0.25, -0.2) is 0 Å². The lowest BCUT2D eigenvalue weighted by Gasteiger charge is -2.15. The van der Waals surface area contributed by atoms with Gasteiger partial charge in [-0.05, 0) is 24.5 Å². The van der Waals surface area contributed by atoms with Gasteiger partial charge in [-0.3, -0.25) is 4.79 Å². The lowest BCUT2D eigenvalue weighted by atomic mass is 10.2. The molecule has 2 heterocycles. The first kappa shape index (κ1) is 16.3. The van der Waals surface area contributed by atoms with Gasteiger partial charge < -0.3 is 9.47 Å². The molecule has 0 radical (unpaired) electrons. The molecule has 0 aliphatic carbocycles. The molecule has 25 heavy (non-hydrogen) atoms. The summed E-state index contributed by atoms with van der Waals surface area (Å²) in [7, 11) is 0. The third kappa shape index (κ3) is 3.59. The molecule has 0 saturated carbocycles. The normalized spacial score (nSPS) is 14.3. The Kier molecular flexibility index (Phi) is 4.79. The number of hydrogen-bond donors (Lipinski definition) is 0. The van der Waals surface area contributed by atoms with E-state index in [1.165, 1.54) is 15.8 Å². The maximum absolute atomic E-state index is 12.5. The van der Waals surface area contributed by atoms with Crippen LogP contribution < -0.4 is 0 Å². The molecule has 2 aromatic carbocycles. The first-order valence-electron chi connectivity index (χ1n) is 8.83. The molecule has 128 valence electrons. The molecule has 1 saturated heterocycles. The Balaban J connectivity index is 1.56. The summed E-state index contributed by atoms with van der Waals surface area (Å²) in [6, 6.07) is 18.9. The van der Waals surface area contributed by atoms with E-state index in [1.54, 1.807) is 0 Å². The van der Waals surface area contributed by atoms with Crippen molar-refractivity contribution in [1.82, 2.24) is 9.47 Å². The number of benzene rings is 2. The average molecular weight is 350 g/mol. The molecular formula is C21H22N2OS. The van der Waals surface area contributed by atoms with E-state index in [4.69, 9.17) is 0 Å². The van der Waals surface area contributed by atoms with Gasteiger partial charge in [0, 0.05) is 40.8 Å². The van der Waals surface area contributed by atoms with Crippen molar-refractivity contribution >= 4 is 28.6 Å². The Morgan fingerprint density at radius 3 is 2.48 bits per heavy atom. The van der Waals surface area contributed by atoms with Crippen molar-refractivity contribution in [3.05, 3.63) is 66.4 Å². The molecular weight excluding hydrogens is 328 g/mol. The molecule has 1 aliphatic heterocycles. The summed E-state index contributed by atoms with van der Waals surface area (Å²) in [5, 5.41) is 1.23. The highest BCUT2D eigenvalue weighted by Gasteiger charge is 2.19. The van der Waals surface area contributed by atoms with Crippen molar-refractivity contribution in [2.45, 2.75) is 30.0 Å². The number of carbonyl (C=O) groups excluding carboxylic acids is 1. The van der Waals surface area contributed by atoms with Crippen molar-refractivity contribution in [3.8, 4) is 0 Å². The number of nitrogens with zero attached hydrogens (tertiary/aromatic N) is 2. The van der Waals surface area contributed by atoms with Gasteiger partial charge in [0.25, 0.3) is 0 Å². The number of carbonyl (C=O) groups is 1. The van der Waals surface area contributed by atoms with Crippen LogP contribution in [0, 0.1) is 0 Å². The summed E-state index contributed by atoms with van der Waals surface area (Å²) in [6.07, 6.45) is 4.42. The number of aromatic nitrogens is 1. The maximum atomic E-state index is 12.5. The van der Waals surface area contributed by atoms with Gasteiger partial charge in [0.05, 0.1) is 0 Å². The fraction of sp³-hybridized carbons (Fsp3) is 0.286. The quantitative estimate of drug-likeness (QED) is 0.631. The van der Waals surface area contributed by atoms with Crippen molar-refractivity contribution in [1.29, 1.82) is 0 Å². The summed E-state index contributed by atoms with van der Waals surface area (Å²) >= 11 is 1.84. The molecule has 0 atom stereocenters. The zero-order valence-electron chi connectivity index (χ0n) is 14.2. The number of likely N-dealkylation sites (tertiary alicyclic amines) is 1. The minimum Gasteiger partial charge on any atom is -0.341 e. The molecule has 0 N–H and O–H groups in total. The molecule has 0 spiro atoms. The topological polar surface area (TPSA) is 25.2 Å². The second-order valence-corrected chi connectivity index (χ2v) is 7.52. The molecule has 1 aliphatic rings. The first-order chi connectivity index (χ1) is 12.3. The third-order valence-electron chi connectivity index (χ3n) is 4.75. The van der Waals surface area contributed by atoms with Crippen LogP contribution in [0.5, 0.6) is 0 Å². The van der Waals surface area contributed by atoms with Gasteiger partial charge in [0.2, 0.25) is 5.91 Å². The maximum Gasteiger partial charge on any atom is 0.242 e. The zero-order chi connectivity index (χ0) is 17.1. The van der Waals surface area contributed by atoms with Gasteiger partial charge in [-0.2, -0.15) is 0 Å². The molecule has 4 heteroatoms. The molecule has 1 amide bonds. The number of fused-ring (bicyclic) bond motifs is 1. The molecule has 0 bridgehead atoms. The first-order valence-corrected chi connectivity index (χ1v) is 9.82. The van der Waals surface area contributed by atoms with Gasteiger partial charge in [-0.1, -0.05) is 48.5 Å². The number of amides is 1. The van der Waals surface area contributed by atoms with E-state index in [1.807, 2.05) is 28.8 Å². The van der Waals surface area contributed by atoms with Crippen molar-refractivity contribution in [2.75, 3.05) is 13.1 Å². The zero-order valence-corrected chi connectivity index (χ0v) is 15.0. The van der Waals surface area contributed by atoms with Crippen LogP contribution in [0.4, 0.5) is 0 Å². The van der Waals surface area contributed by atoms with Gasteiger partial charge in [0.1, 0.15) is 6.54 Å². The monoisotopic (exact) mass is 350 g/mol. The summed E-state index contributed by atoms with van der Waals surface area (Å²) in [4.78, 5) is 15.8. The Labute approximate surface area is 152 Å². The van der Waals surface area contributed by atoms with E-state index in [0.29, 0.717) is 6.54 Å². The predicted molar refractivity (Wildman–Crippen MR) is 104 cm³/mol. The van der Waals surface area contributed by atoms with E-state index in [2.05, 4.69) is 53.2 Å². The number of hydrogen-bond acceptors (Lipinski definition) is 2. The molecule has 1 aromatic heterocycles. The molecule has 0 unspecified atom stereocenters. The minimum absolute atomic E-state index is 0.234. The standard InChI is InChI=1S/C21H22N2OS/c24-21(22-12-6-7-13-22)15-23-14-20(18-10-4-5-11-19(18)23)25-16-17-8-2-1-3-9-17/h1-5,8-11,14H,6-7,12-13,15-16H2. The smallest absolute Gasteiger partial charge is 0.242 e. The Hall–Kier alpha value is -2.20. The highest BCUT2D eigenvalue weighted by atomic mass is 32.2. The van der Waals surface area contributed by atoms with Gasteiger partial charge >= 0.3 is 0 Å². The fourth-order valence-corrected chi connectivity index (χ4v) is 4.45. The van der Waals surface area contributed by atoms with Crippen LogP contribution in [0.25, 0.3) is 10.9 Å². The van der Waals surface area contributed by atoms with Crippen LogP contribution >= 0.6 is 11.8 Å². The second-order valence-electron chi connectivity index (χ2n) is 6.50. The van der Waals surface area contributed by atoms with Crippen molar-refractivity contribution in [3.63, 3.8) is 0 Å². The SMILES string of the molecule is O=C(Cn1cc(SCc2ccccc2)c2ccccc21)N1CCCC1. The lowest BCUT2D eigenvalue weighted by molar-refractivity contribution is -0.130. The molecule has 1 fully saturated rings. The summed E-state index contributed by atoms with van der Waals surface area (Å²) in [6.45, 7) is 2.26. The van der Waals surface area contributed by atoms with E-state index in [0.717, 1.165) is 37.2 Å². The van der Waals surface area contributed by atoms with Crippen LogP contribution in [-0.2, 0) is 17.1 Å². The minimum atomic E-state index is 0.234. The number of rotatable bonds is 5. The van der Waals surface area contributed by atoms with Crippen LogP contribution in [-0.4, -0.2) is 28.5 Å². The molecule has 3 nitrogen and oxygen atoms in total. The highest BCUT2D eigenvalue weighted by molar-refractivity contribution is 7.98. The lowest BCUT2D eigenvalue weighted by Crippen LogP contribution is -2.30. The number of thioether (sulfide) groups is 1. The van der Waals surface area contributed by atoms with E-state index >= 15 is 0 Å². The highest BCUT2D eigenvalue weighted by Crippen LogP contribution is 2.32. The van der Waals surface area contributed by atoms with Crippen LogP contribution in [0.15, 0.2) is 65.7 Å². The summed E-state index contributed by atoms with van der Waals surface area (Å²) in [5.74, 6) is 1.17. The Bertz CT molecular complexity index is 866. The molecule has 3 aromatic rings. The third-order valence-corrected chi connectivity index (χ3v) is 5.87. The van der Waals surface area contributed by atoms with Gasteiger partial charge in [-0.15, -0.1) is 11.8 Å². The van der Waals surface area contributed by atoms with Crippen LogP contribution in [0.1, 0.15) is 18.4 Å². The Morgan fingerprint density at radius 2 is 1.68 bits per heavy atom. The van der Waals surface area contributed by atoms with E-state index in [-0.39, 0.29) is 5.91 Å². The molecule has 4 rings (SSSR count). The summed E-state index contributed by atoms with van der Waals surface area (Å²) in [5.41, 5.74) is 2.46. The number of para-hydroxylation sites is 1.